The first-order chi connectivity index (χ1) is 39.1. The van der Waals surface area contributed by atoms with Crippen LogP contribution in [0.25, 0.3) is 33.4 Å². The van der Waals surface area contributed by atoms with E-state index in [-0.39, 0.29) is 11.1 Å². The molecule has 1 unspecified atom stereocenters. The van der Waals surface area contributed by atoms with Crippen molar-refractivity contribution < 1.29 is 70.2 Å². The van der Waals surface area contributed by atoms with Crippen LogP contribution in [0.3, 0.4) is 0 Å². The second-order valence-electron chi connectivity index (χ2n) is 17.4. The molecule has 396 valence electrons. The van der Waals surface area contributed by atoms with Crippen LogP contribution in [0.2, 0.25) is 0 Å². The fourth-order valence-corrected chi connectivity index (χ4v) is 10.0. The van der Waals surface area contributed by atoms with E-state index in [0.717, 1.165) is 72.8 Å². The van der Waals surface area contributed by atoms with Crippen molar-refractivity contribution in [3.05, 3.63) is 243 Å². The quantitative estimate of drug-likeness (QED) is 0.111. The van der Waals surface area contributed by atoms with Gasteiger partial charge in [-0.2, -0.15) is 42.1 Å². The molecule has 0 aliphatic heterocycles. The third-order valence-corrected chi connectivity index (χ3v) is 13.5. The summed E-state index contributed by atoms with van der Waals surface area (Å²) in [5.74, 6) is -48.6. The van der Waals surface area contributed by atoms with Gasteiger partial charge in [-0.15, -0.1) is 0 Å². The molecule has 7 aromatic rings. The summed E-state index contributed by atoms with van der Waals surface area (Å²) in [5, 5.41) is 79.5. The van der Waals surface area contributed by atoms with Crippen LogP contribution in [0, 0.1) is 184 Å². The topological polar surface area (TPSA) is 190 Å². The van der Waals surface area contributed by atoms with Crippen LogP contribution in [-0.4, -0.2) is 0 Å². The van der Waals surface area contributed by atoms with Crippen LogP contribution in [0.1, 0.15) is 101 Å². The highest BCUT2D eigenvalue weighted by Gasteiger charge is 2.49. The van der Waals surface area contributed by atoms with E-state index in [1.807, 2.05) is 0 Å². The zero-order chi connectivity index (χ0) is 59.8. The number of rotatable bonds is 7. The van der Waals surface area contributed by atoms with Gasteiger partial charge in [0.05, 0.1) is 45.5 Å². The number of benzene rings is 7. The average Bonchev–Trinajstić information content (AvgIpc) is 3.50. The highest BCUT2D eigenvalue weighted by atomic mass is 19.2. The SMILES string of the molecule is N#CC1=C(c2ccc(C#N)cc2)C(=C(c2c(F)c(F)c(C#N)c(F)c2F)c2c(F)c(F)c(C#N)c(F)c2F)c2cc3c(cc21)C(C(c1c(F)c(F)c(C#N)c(F)c1F)c1c(F)c(F)c(C#N)c(F)c1F)C(c1ccc(C#N)cc1)=C3C#N. The van der Waals surface area contributed by atoms with E-state index >= 15 is 70.2 Å². The molecule has 0 saturated carbocycles. The lowest BCUT2D eigenvalue weighted by molar-refractivity contribution is 0.403. The Morgan fingerprint density at radius 3 is 1.01 bits per heavy atom. The lowest BCUT2D eigenvalue weighted by Crippen LogP contribution is -2.23. The third-order valence-electron chi connectivity index (χ3n) is 13.5. The molecule has 82 heavy (non-hydrogen) atoms. The van der Waals surface area contributed by atoms with E-state index in [4.69, 9.17) is 0 Å². The van der Waals surface area contributed by atoms with Crippen molar-refractivity contribution in [2.24, 2.45) is 0 Å². The van der Waals surface area contributed by atoms with Crippen LogP contribution in [0.5, 0.6) is 0 Å². The summed E-state index contributed by atoms with van der Waals surface area (Å²) in [6.45, 7) is 0. The van der Waals surface area contributed by atoms with E-state index in [2.05, 4.69) is 0 Å². The summed E-state index contributed by atoms with van der Waals surface area (Å²) in [4.78, 5) is 0. The van der Waals surface area contributed by atoms with Crippen LogP contribution in [0.15, 0.2) is 60.7 Å². The van der Waals surface area contributed by atoms with Crippen LogP contribution < -0.4 is 0 Å². The Morgan fingerprint density at radius 1 is 0.341 bits per heavy atom. The molecule has 2 aliphatic carbocycles. The van der Waals surface area contributed by atoms with Gasteiger partial charge in [0.15, 0.2) is 93.1 Å². The maximum Gasteiger partial charge on any atom is 0.180 e. The third kappa shape index (κ3) is 7.78. The molecular formula is C58H12F16N8. The Kier molecular flexibility index (Phi) is 13.8. The van der Waals surface area contributed by atoms with Gasteiger partial charge in [-0.05, 0) is 69.8 Å². The van der Waals surface area contributed by atoms with Crippen molar-refractivity contribution in [3.8, 4) is 48.6 Å². The van der Waals surface area contributed by atoms with Gasteiger partial charge in [-0.3, -0.25) is 0 Å². The summed E-state index contributed by atoms with van der Waals surface area (Å²) in [6, 6.07) is 18.6. The zero-order valence-electron chi connectivity index (χ0n) is 39.6. The molecule has 9 rings (SSSR count). The predicted molar refractivity (Wildman–Crippen MR) is 248 cm³/mol. The fourth-order valence-electron chi connectivity index (χ4n) is 10.0. The molecule has 0 heterocycles. The summed E-state index contributed by atoms with van der Waals surface area (Å²) < 4.78 is 262. The molecular weight excluding hydrogens is 1110 g/mol. The van der Waals surface area contributed by atoms with Gasteiger partial charge in [-0.25, -0.2) is 70.2 Å². The zero-order valence-corrected chi connectivity index (χ0v) is 39.6. The van der Waals surface area contributed by atoms with Gasteiger partial charge in [0.1, 0.15) is 58.7 Å². The predicted octanol–water partition coefficient (Wildman–Crippen LogP) is 13.9. The minimum absolute atomic E-state index is 0.209. The van der Waals surface area contributed by atoms with E-state index in [9.17, 15) is 42.1 Å². The second-order valence-corrected chi connectivity index (χ2v) is 17.4. The number of nitriles is 8. The van der Waals surface area contributed by atoms with Crippen molar-refractivity contribution in [1.82, 2.24) is 0 Å². The molecule has 0 saturated heterocycles. The second kappa shape index (κ2) is 20.4. The first-order valence-corrected chi connectivity index (χ1v) is 22.3. The van der Waals surface area contributed by atoms with E-state index in [0.29, 0.717) is 12.1 Å². The van der Waals surface area contributed by atoms with Crippen molar-refractivity contribution in [2.75, 3.05) is 0 Å². The molecule has 8 nitrogen and oxygen atoms in total. The molecule has 1 atom stereocenters. The first-order valence-electron chi connectivity index (χ1n) is 22.3. The van der Waals surface area contributed by atoms with Gasteiger partial charge in [0.2, 0.25) is 0 Å². The highest BCUT2D eigenvalue weighted by molar-refractivity contribution is 6.31. The Morgan fingerprint density at radius 2 is 0.683 bits per heavy atom. The monoisotopic (exact) mass is 1120 g/mol. The number of hydrogen-bond acceptors (Lipinski definition) is 8. The number of halogens is 16. The van der Waals surface area contributed by atoms with Gasteiger partial charge in [0.25, 0.3) is 0 Å². The normalized spacial score (nSPS) is 13.1. The van der Waals surface area contributed by atoms with Crippen LogP contribution >= 0.6 is 0 Å². The maximum atomic E-state index is 16.8. The minimum Gasteiger partial charge on any atom is -0.203 e. The smallest absolute Gasteiger partial charge is 0.180 e. The van der Waals surface area contributed by atoms with Gasteiger partial charge < -0.3 is 0 Å². The Labute approximate surface area is 447 Å². The number of hydrogen-bond donors (Lipinski definition) is 0. The van der Waals surface area contributed by atoms with Crippen molar-refractivity contribution in [1.29, 1.82) is 42.1 Å². The molecule has 0 spiro atoms. The molecule has 0 bridgehead atoms. The molecule has 2 aliphatic rings. The molecule has 0 fully saturated rings. The number of nitrogens with zero attached hydrogens (tertiary/aromatic N) is 8. The summed E-state index contributed by atoms with van der Waals surface area (Å²) in [7, 11) is 0. The van der Waals surface area contributed by atoms with E-state index < -0.39 is 216 Å². The minimum atomic E-state index is -3.36. The van der Waals surface area contributed by atoms with Crippen molar-refractivity contribution in [2.45, 2.75) is 11.8 Å². The fraction of sp³-hybridized carbons (Fsp3) is 0.0345. The average molecular weight is 1120 g/mol. The van der Waals surface area contributed by atoms with Crippen LogP contribution in [-0.2, 0) is 0 Å². The Balaban J connectivity index is 1.59. The maximum absolute atomic E-state index is 16.8. The van der Waals surface area contributed by atoms with E-state index in [1.165, 1.54) is 0 Å². The molecule has 0 N–H and O–H groups in total. The standard InChI is InChI=1S/C58H12F16N8/c59-43-29(15-79)44(60)52(68)39(51(43)67)37(40-53(69)45(61)30(16-80)46(62)54(40)70)35-25-10-24-26(9-23(25)27(13-77)33(35)21-5-1-19(11-75)2-6-21)36(34(28(24)14-78)22-7-3-20(12-76)4-8-22)38(41-55(71)47(63)31(17-81)48(64)56(41)72)42-57(73)49(65)32(18-82)50(66)58(42)74/h1-10,35,37H. The van der Waals surface area contributed by atoms with Gasteiger partial charge in [0, 0.05) is 45.2 Å². The lowest BCUT2D eigenvalue weighted by Gasteiger charge is -2.30. The number of fused-ring (bicyclic) bond motifs is 2. The molecule has 24 heteroatoms. The van der Waals surface area contributed by atoms with Crippen LogP contribution in [0.4, 0.5) is 70.2 Å². The van der Waals surface area contributed by atoms with E-state index in [1.54, 1.807) is 24.3 Å². The lowest BCUT2D eigenvalue weighted by atomic mass is 9.72. The summed E-state index contributed by atoms with van der Waals surface area (Å²) in [6.07, 6.45) is 0. The molecule has 0 aromatic heterocycles. The molecule has 0 amide bonds. The van der Waals surface area contributed by atoms with Gasteiger partial charge >= 0.3 is 0 Å². The molecule has 7 aromatic carbocycles. The van der Waals surface area contributed by atoms with Gasteiger partial charge in [-0.1, -0.05) is 24.3 Å². The largest absolute Gasteiger partial charge is 0.203 e. The molecule has 0 radical (unpaired) electrons. The number of allylic oxidation sites excluding steroid dienone is 5. The summed E-state index contributed by atoms with van der Waals surface area (Å²) in [5.41, 5.74) is -29.4. The first kappa shape index (κ1) is 55.3. The van der Waals surface area contributed by atoms with Crippen molar-refractivity contribution in [3.63, 3.8) is 0 Å². The Bertz CT molecular complexity index is 4340. The Hall–Kier alpha value is -11.4. The highest BCUT2D eigenvalue weighted by Crippen LogP contribution is 2.61. The van der Waals surface area contributed by atoms with Crippen molar-refractivity contribution >= 4 is 33.4 Å². The summed E-state index contributed by atoms with van der Waals surface area (Å²) >= 11 is 0.